The maximum Gasteiger partial charge on any atom is 0.187 e. The molecule has 0 spiro atoms. The van der Waals surface area contributed by atoms with Gasteiger partial charge in [-0.3, -0.25) is 4.79 Å². The third-order valence-corrected chi connectivity index (χ3v) is 4.02. The zero-order valence-corrected chi connectivity index (χ0v) is 12.7. The van der Waals surface area contributed by atoms with Crippen molar-refractivity contribution in [2.45, 2.75) is 5.92 Å². The zero-order chi connectivity index (χ0) is 16.5. The Kier molecular flexibility index (Phi) is 3.36. The number of Topliss-reactive ketones (excluding diaryl/α,β-unsaturated/α-hetero) is 1. The average molecular weight is 315 g/mol. The number of nitrogens with one attached hydrogen (secondary N) is 1. The molecular weight excluding hydrogens is 302 g/mol. The summed E-state index contributed by atoms with van der Waals surface area (Å²) < 4.78 is 5.62. The Morgan fingerprint density at radius 2 is 2.00 bits per heavy atom. The van der Waals surface area contributed by atoms with Gasteiger partial charge >= 0.3 is 0 Å². The highest BCUT2D eigenvalue weighted by molar-refractivity contribution is 6.06. The highest BCUT2D eigenvalue weighted by Crippen LogP contribution is 2.29. The number of nitrogens with zero attached hydrogens (tertiary/aromatic N) is 2. The summed E-state index contributed by atoms with van der Waals surface area (Å²) in [6.45, 7) is 0.161. The van der Waals surface area contributed by atoms with Gasteiger partial charge in [0, 0.05) is 11.1 Å². The number of ether oxygens (including phenoxy) is 1. The van der Waals surface area contributed by atoms with Crippen molar-refractivity contribution in [1.29, 1.82) is 5.26 Å². The monoisotopic (exact) mass is 315 g/mol. The second-order valence-corrected chi connectivity index (χ2v) is 5.56. The van der Waals surface area contributed by atoms with Gasteiger partial charge in [-0.25, -0.2) is 4.98 Å². The number of benzene rings is 2. The quantitative estimate of drug-likeness (QED) is 0.805. The lowest BCUT2D eigenvalue weighted by Crippen LogP contribution is -2.21. The number of nitriles is 1. The van der Waals surface area contributed by atoms with Crippen LogP contribution in [0.3, 0.4) is 0 Å². The fraction of sp³-hybridized carbons (Fsp3) is 0.105. The van der Waals surface area contributed by atoms with Crippen molar-refractivity contribution in [1.82, 2.24) is 9.97 Å². The number of carbonyl (C=O) groups is 1. The summed E-state index contributed by atoms with van der Waals surface area (Å²) in [5.74, 6) is -0.154. The van der Waals surface area contributed by atoms with Crippen molar-refractivity contribution in [3.05, 3.63) is 65.5 Å². The number of ketones is 1. The normalized spacial score (nSPS) is 14.2. The minimum absolute atomic E-state index is 0.161. The molecule has 0 bridgehead atoms. The molecular formula is C19H13N3O2. The number of fused-ring (bicyclic) bond motifs is 2. The Bertz CT molecular complexity index is 978. The molecule has 24 heavy (non-hydrogen) atoms. The maximum absolute atomic E-state index is 12.8. The van der Waals surface area contributed by atoms with E-state index in [9.17, 15) is 10.1 Å². The largest absolute Gasteiger partial charge is 0.488 e. The number of para-hydroxylation sites is 3. The number of aromatic amines is 1. The van der Waals surface area contributed by atoms with E-state index in [1.54, 1.807) is 6.08 Å². The molecule has 2 heterocycles. The number of hydrogen-bond acceptors (Lipinski definition) is 4. The second kappa shape index (κ2) is 5.67. The van der Waals surface area contributed by atoms with E-state index in [0.29, 0.717) is 11.4 Å². The van der Waals surface area contributed by atoms with Crippen LogP contribution in [0.25, 0.3) is 17.1 Å². The molecule has 0 unspecified atom stereocenters. The van der Waals surface area contributed by atoms with Gasteiger partial charge in [0.25, 0.3) is 0 Å². The second-order valence-electron chi connectivity index (χ2n) is 5.56. The van der Waals surface area contributed by atoms with E-state index in [1.807, 2.05) is 48.5 Å². The molecule has 1 N–H and O–H groups in total. The van der Waals surface area contributed by atoms with Crippen LogP contribution in [-0.2, 0) is 4.79 Å². The molecule has 4 rings (SSSR count). The molecule has 1 atom stereocenters. The van der Waals surface area contributed by atoms with Crippen molar-refractivity contribution < 1.29 is 9.53 Å². The number of hydrogen-bond donors (Lipinski definition) is 1. The standard InChI is InChI=1S/C19H13N3O2/c20-10-14(19-21-15-6-2-3-7-16(15)22-19)18(23)13-9-12-5-1-4-8-17(12)24-11-13/h1-9,14H,11H2,(H,21,22)/t14-/m0/s1. The molecule has 0 saturated carbocycles. The van der Waals surface area contributed by atoms with Crippen LogP contribution in [-0.4, -0.2) is 22.4 Å². The van der Waals surface area contributed by atoms with E-state index in [4.69, 9.17) is 4.74 Å². The number of carbonyl (C=O) groups excluding carboxylic acids is 1. The highest BCUT2D eigenvalue weighted by Gasteiger charge is 2.28. The summed E-state index contributed by atoms with van der Waals surface area (Å²) in [5, 5.41) is 9.50. The van der Waals surface area contributed by atoms with Crippen molar-refractivity contribution in [3.8, 4) is 11.8 Å². The third kappa shape index (κ3) is 2.34. The number of H-pyrrole nitrogens is 1. The predicted molar refractivity (Wildman–Crippen MR) is 89.4 cm³/mol. The van der Waals surface area contributed by atoms with Crippen LogP contribution in [0.2, 0.25) is 0 Å². The van der Waals surface area contributed by atoms with Gasteiger partial charge in [0.1, 0.15) is 18.2 Å². The number of imidazole rings is 1. The third-order valence-electron chi connectivity index (χ3n) is 4.02. The maximum atomic E-state index is 12.8. The summed E-state index contributed by atoms with van der Waals surface area (Å²) in [6, 6.07) is 17.0. The van der Waals surface area contributed by atoms with Crippen LogP contribution in [0.1, 0.15) is 17.3 Å². The minimum Gasteiger partial charge on any atom is -0.488 e. The zero-order valence-electron chi connectivity index (χ0n) is 12.7. The fourth-order valence-corrected chi connectivity index (χ4v) is 2.80. The SMILES string of the molecule is N#C[C@@H](C(=O)C1=Cc2ccccc2OC1)c1nc2ccccc2[nH]1. The Hall–Kier alpha value is -3.39. The molecule has 5 nitrogen and oxygen atoms in total. The van der Waals surface area contributed by atoms with E-state index >= 15 is 0 Å². The van der Waals surface area contributed by atoms with E-state index in [-0.39, 0.29) is 12.4 Å². The summed E-state index contributed by atoms with van der Waals surface area (Å²) in [5.41, 5.74) is 2.86. The van der Waals surface area contributed by atoms with Crippen LogP contribution < -0.4 is 4.74 Å². The lowest BCUT2D eigenvalue weighted by Gasteiger charge is -2.18. The fourth-order valence-electron chi connectivity index (χ4n) is 2.80. The van der Waals surface area contributed by atoms with Gasteiger partial charge in [-0.1, -0.05) is 30.3 Å². The molecule has 0 saturated heterocycles. The summed E-state index contributed by atoms with van der Waals surface area (Å²) in [7, 11) is 0. The first-order valence-corrected chi connectivity index (χ1v) is 7.57. The van der Waals surface area contributed by atoms with Gasteiger partial charge in [0.05, 0.1) is 17.1 Å². The molecule has 116 valence electrons. The molecule has 1 aliphatic heterocycles. The van der Waals surface area contributed by atoms with Crippen molar-refractivity contribution in [3.63, 3.8) is 0 Å². The van der Waals surface area contributed by atoms with Crippen molar-refractivity contribution in [2.75, 3.05) is 6.61 Å². The lowest BCUT2D eigenvalue weighted by molar-refractivity contribution is -0.116. The molecule has 0 aliphatic carbocycles. The van der Waals surface area contributed by atoms with Crippen LogP contribution in [0, 0.1) is 11.3 Å². The summed E-state index contributed by atoms with van der Waals surface area (Å²) in [4.78, 5) is 20.2. The van der Waals surface area contributed by atoms with E-state index in [0.717, 1.165) is 22.3 Å². The Labute approximate surface area is 138 Å². The molecule has 5 heteroatoms. The van der Waals surface area contributed by atoms with E-state index in [2.05, 4.69) is 16.0 Å². The van der Waals surface area contributed by atoms with Gasteiger partial charge in [0.2, 0.25) is 0 Å². The average Bonchev–Trinajstić information content (AvgIpc) is 3.05. The topological polar surface area (TPSA) is 78.8 Å². The van der Waals surface area contributed by atoms with Gasteiger partial charge in [-0.15, -0.1) is 0 Å². The van der Waals surface area contributed by atoms with E-state index < -0.39 is 5.92 Å². The van der Waals surface area contributed by atoms with Crippen LogP contribution >= 0.6 is 0 Å². The molecule has 2 aromatic carbocycles. The van der Waals surface area contributed by atoms with Crippen LogP contribution in [0.15, 0.2) is 54.1 Å². The minimum atomic E-state index is -0.975. The van der Waals surface area contributed by atoms with Crippen LogP contribution in [0.4, 0.5) is 0 Å². The highest BCUT2D eigenvalue weighted by atomic mass is 16.5. The van der Waals surface area contributed by atoms with Crippen molar-refractivity contribution >= 4 is 22.9 Å². The van der Waals surface area contributed by atoms with Gasteiger partial charge in [-0.05, 0) is 24.3 Å². The molecule has 0 radical (unpaired) electrons. The Morgan fingerprint density at radius 3 is 2.83 bits per heavy atom. The molecule has 1 aromatic heterocycles. The van der Waals surface area contributed by atoms with E-state index in [1.165, 1.54) is 0 Å². The number of rotatable bonds is 3. The lowest BCUT2D eigenvalue weighted by atomic mass is 9.95. The smallest absolute Gasteiger partial charge is 0.187 e. The van der Waals surface area contributed by atoms with Gasteiger partial charge in [-0.2, -0.15) is 5.26 Å². The molecule has 0 amide bonds. The Morgan fingerprint density at radius 1 is 1.21 bits per heavy atom. The summed E-state index contributed by atoms with van der Waals surface area (Å²) in [6.07, 6.45) is 1.79. The first-order chi connectivity index (χ1) is 11.8. The Balaban J connectivity index is 1.70. The predicted octanol–water partition coefficient (Wildman–Crippen LogP) is 3.22. The van der Waals surface area contributed by atoms with Crippen LogP contribution in [0.5, 0.6) is 5.75 Å². The summed E-state index contributed by atoms with van der Waals surface area (Å²) >= 11 is 0. The number of aromatic nitrogens is 2. The molecule has 1 aliphatic rings. The molecule has 3 aromatic rings. The molecule has 0 fully saturated rings. The first-order valence-electron chi connectivity index (χ1n) is 7.57. The van der Waals surface area contributed by atoms with Gasteiger partial charge < -0.3 is 9.72 Å². The van der Waals surface area contributed by atoms with Gasteiger partial charge in [0.15, 0.2) is 11.7 Å². The van der Waals surface area contributed by atoms with Crippen molar-refractivity contribution in [2.24, 2.45) is 0 Å². The first kappa shape index (κ1) is 14.2.